The molecule has 2 aromatic rings. The van der Waals surface area contributed by atoms with E-state index in [1.807, 2.05) is 0 Å². The van der Waals surface area contributed by atoms with Crippen molar-refractivity contribution >= 4 is 30.7 Å². The third-order valence-corrected chi connectivity index (χ3v) is 8.41. The molecule has 0 aliphatic rings. The second kappa shape index (κ2) is 14.7. The molecule has 2 unspecified atom stereocenters. The largest absolute Gasteiger partial charge is 0.508 e. The summed E-state index contributed by atoms with van der Waals surface area (Å²) in [6.07, 6.45) is -1.28. The van der Waals surface area contributed by atoms with Crippen molar-refractivity contribution in [2.24, 2.45) is 34.1 Å². The highest BCUT2D eigenvalue weighted by Crippen LogP contribution is 2.45. The molecule has 0 saturated heterocycles. The van der Waals surface area contributed by atoms with Gasteiger partial charge in [-0.3, -0.25) is 23.7 Å². The van der Waals surface area contributed by atoms with Gasteiger partial charge in [0.1, 0.15) is 16.8 Å². The van der Waals surface area contributed by atoms with Crippen LogP contribution in [0.3, 0.4) is 0 Å². The predicted octanol–water partition coefficient (Wildman–Crippen LogP) is -1.33. The summed E-state index contributed by atoms with van der Waals surface area (Å²) in [5.74, 6) is -3.98. The van der Waals surface area contributed by atoms with Crippen LogP contribution in [0.4, 0.5) is 0 Å². The number of phenols is 1. The summed E-state index contributed by atoms with van der Waals surface area (Å²) in [4.78, 5) is 73.1. The number of phenolic OH excluding ortho intramolecular Hbond substituents is 1. The van der Waals surface area contributed by atoms with Crippen LogP contribution in [0.1, 0.15) is 24.0 Å². The molecule has 2 rings (SSSR count). The molecule has 13 nitrogen and oxygen atoms in total. The number of Topliss-reactive ketones (excluding diaryl/α,β-unsaturated/α-hetero) is 4. The summed E-state index contributed by atoms with van der Waals surface area (Å²) in [6, 6.07) is 10.0. The van der Waals surface area contributed by atoms with Crippen molar-refractivity contribution in [3.05, 3.63) is 65.7 Å². The molecular formula is C27H38N5O8P. The van der Waals surface area contributed by atoms with Crippen molar-refractivity contribution in [2.75, 3.05) is 13.1 Å². The Bertz CT molecular complexity index is 1250. The highest BCUT2D eigenvalue weighted by Gasteiger charge is 2.52. The molecule has 0 heterocycles. The first-order valence-corrected chi connectivity index (χ1v) is 14.6. The molecule has 0 radical (unpaired) electrons. The average Bonchev–Trinajstić information content (AvgIpc) is 2.93. The Hall–Kier alpha value is -3.13. The summed E-state index contributed by atoms with van der Waals surface area (Å²) in [7, 11) is -5.21. The highest BCUT2D eigenvalue weighted by atomic mass is 31.2. The lowest BCUT2D eigenvalue weighted by molar-refractivity contribution is -0.149. The Morgan fingerprint density at radius 3 is 1.76 bits per heavy atom. The van der Waals surface area contributed by atoms with Gasteiger partial charge in [0.05, 0.1) is 25.2 Å². The standard InChI is InChI=1S/C27H38N5O8P/c28-14-22(34)27(23(35)15-29,26(37)21(32)13-16-4-2-1-3-5-16)11-10-19(30)25(41(38,39)40)24(36)20(31)12-17-6-8-18(33)9-7-17/h1-9,19-21,25,33H,10-15,28-32H2,(H2,38,39,40)/t19?,20-,21-,25?/m0/s1. The number of benzene rings is 2. The van der Waals surface area contributed by atoms with Crippen LogP contribution in [-0.4, -0.2) is 74.9 Å². The fourth-order valence-electron chi connectivity index (χ4n) is 4.83. The topological polar surface area (TPSA) is 276 Å². The maximum atomic E-state index is 13.6. The number of ketones is 4. The van der Waals surface area contributed by atoms with E-state index in [-0.39, 0.29) is 18.6 Å². The molecule has 224 valence electrons. The van der Waals surface area contributed by atoms with Crippen LogP contribution >= 0.6 is 7.60 Å². The predicted molar refractivity (Wildman–Crippen MR) is 152 cm³/mol. The molecule has 13 N–H and O–H groups in total. The van der Waals surface area contributed by atoms with Gasteiger partial charge in [0.25, 0.3) is 0 Å². The molecule has 0 bridgehead atoms. The Labute approximate surface area is 237 Å². The molecule has 0 aliphatic heterocycles. The molecule has 41 heavy (non-hydrogen) atoms. The van der Waals surface area contributed by atoms with Crippen LogP contribution in [0, 0.1) is 5.41 Å². The highest BCUT2D eigenvalue weighted by molar-refractivity contribution is 7.53. The summed E-state index contributed by atoms with van der Waals surface area (Å²) in [5, 5.41) is 9.44. The van der Waals surface area contributed by atoms with Crippen LogP contribution in [0.25, 0.3) is 0 Å². The van der Waals surface area contributed by atoms with Crippen LogP contribution in [0.5, 0.6) is 5.75 Å². The van der Waals surface area contributed by atoms with Crippen molar-refractivity contribution in [2.45, 2.75) is 49.5 Å². The number of hydrogen-bond donors (Lipinski definition) is 8. The number of nitrogens with two attached hydrogens (primary N) is 5. The van der Waals surface area contributed by atoms with Crippen LogP contribution < -0.4 is 28.7 Å². The van der Waals surface area contributed by atoms with E-state index in [4.69, 9.17) is 28.7 Å². The molecule has 0 aliphatic carbocycles. The Balaban J connectivity index is 2.36. The zero-order valence-electron chi connectivity index (χ0n) is 22.5. The minimum Gasteiger partial charge on any atom is -0.508 e. The molecule has 0 spiro atoms. The van der Waals surface area contributed by atoms with E-state index in [1.165, 1.54) is 24.3 Å². The maximum absolute atomic E-state index is 13.6. The van der Waals surface area contributed by atoms with E-state index >= 15 is 0 Å². The lowest BCUT2D eigenvalue weighted by atomic mass is 9.68. The number of carbonyl (C=O) groups is 4. The second-order valence-corrected chi connectivity index (χ2v) is 11.7. The van der Waals surface area contributed by atoms with Gasteiger partial charge in [-0.2, -0.15) is 0 Å². The number of hydrogen-bond acceptors (Lipinski definition) is 11. The number of rotatable bonds is 17. The first-order valence-electron chi connectivity index (χ1n) is 12.9. The zero-order chi connectivity index (χ0) is 31.0. The van der Waals surface area contributed by atoms with Crippen molar-refractivity contribution in [3.8, 4) is 5.75 Å². The molecule has 0 amide bonds. The third kappa shape index (κ3) is 8.44. The summed E-state index contributed by atoms with van der Waals surface area (Å²) in [6.45, 7) is -1.44. The van der Waals surface area contributed by atoms with E-state index in [2.05, 4.69) is 0 Å². The first kappa shape index (κ1) is 34.1. The first-order chi connectivity index (χ1) is 19.2. The van der Waals surface area contributed by atoms with Gasteiger partial charge in [0, 0.05) is 6.04 Å². The summed E-state index contributed by atoms with van der Waals surface area (Å²) in [5.41, 5.74) is 26.0. The lowest BCUT2D eigenvalue weighted by Gasteiger charge is -2.33. The third-order valence-electron chi connectivity index (χ3n) is 7.05. The van der Waals surface area contributed by atoms with Crippen LogP contribution in [0.2, 0.25) is 0 Å². The Morgan fingerprint density at radius 1 is 0.780 bits per heavy atom. The number of aromatic hydroxyl groups is 1. The minimum atomic E-state index is -5.21. The van der Waals surface area contributed by atoms with E-state index in [0.717, 1.165) is 0 Å². The molecule has 0 saturated carbocycles. The summed E-state index contributed by atoms with van der Waals surface area (Å²) >= 11 is 0. The molecule has 14 heteroatoms. The van der Waals surface area contributed by atoms with Gasteiger partial charge in [0.15, 0.2) is 23.1 Å². The fraction of sp³-hybridized carbons (Fsp3) is 0.407. The van der Waals surface area contributed by atoms with Crippen molar-refractivity contribution in [3.63, 3.8) is 0 Å². The molecule has 0 aromatic heterocycles. The SMILES string of the molecule is NCC(=O)C(CCC(N)C(C(=O)[C@@H](N)Cc1ccc(O)cc1)P(=O)(O)O)(C(=O)CN)C(=O)[C@@H](N)Cc1ccccc1. The molecule has 2 aromatic carbocycles. The zero-order valence-corrected chi connectivity index (χ0v) is 23.4. The Morgan fingerprint density at radius 2 is 1.27 bits per heavy atom. The Kier molecular flexibility index (Phi) is 12.2. The average molecular weight is 592 g/mol. The number of carbonyl (C=O) groups excluding carboxylic acids is 4. The smallest absolute Gasteiger partial charge is 0.337 e. The van der Waals surface area contributed by atoms with Gasteiger partial charge >= 0.3 is 7.60 Å². The second-order valence-electron chi connectivity index (χ2n) is 9.94. The minimum absolute atomic E-state index is 0.0150. The van der Waals surface area contributed by atoms with E-state index in [1.54, 1.807) is 30.3 Å². The summed E-state index contributed by atoms with van der Waals surface area (Å²) < 4.78 is 12.4. The monoisotopic (exact) mass is 591 g/mol. The van der Waals surface area contributed by atoms with E-state index in [0.29, 0.717) is 11.1 Å². The lowest BCUT2D eigenvalue weighted by Crippen LogP contribution is -2.57. The quantitative estimate of drug-likeness (QED) is 0.0782. The fourth-order valence-corrected chi connectivity index (χ4v) is 6.00. The van der Waals surface area contributed by atoms with Gasteiger partial charge in [-0.15, -0.1) is 0 Å². The van der Waals surface area contributed by atoms with Gasteiger partial charge in [-0.1, -0.05) is 42.5 Å². The van der Waals surface area contributed by atoms with Crippen LogP contribution in [-0.2, 0) is 36.6 Å². The van der Waals surface area contributed by atoms with Crippen LogP contribution in [0.15, 0.2) is 54.6 Å². The van der Waals surface area contributed by atoms with Gasteiger partial charge in [-0.25, -0.2) is 0 Å². The van der Waals surface area contributed by atoms with Gasteiger partial charge in [0.2, 0.25) is 0 Å². The van der Waals surface area contributed by atoms with Crippen molar-refractivity contribution in [1.29, 1.82) is 0 Å². The van der Waals surface area contributed by atoms with Gasteiger partial charge in [-0.05, 0) is 48.9 Å². The van der Waals surface area contributed by atoms with Crippen molar-refractivity contribution in [1.82, 2.24) is 0 Å². The normalized spacial score (nSPS) is 15.0. The molecular weight excluding hydrogens is 553 g/mol. The van der Waals surface area contributed by atoms with Gasteiger partial charge < -0.3 is 43.6 Å². The van der Waals surface area contributed by atoms with E-state index in [9.17, 15) is 38.6 Å². The van der Waals surface area contributed by atoms with E-state index < -0.39 is 85.9 Å². The maximum Gasteiger partial charge on any atom is 0.337 e. The molecule has 0 fully saturated rings. The molecule has 4 atom stereocenters. The van der Waals surface area contributed by atoms with Crippen molar-refractivity contribution < 1.29 is 38.6 Å².